The Labute approximate surface area is 109 Å². The molecule has 3 fully saturated rings. The molecule has 2 unspecified atom stereocenters. The van der Waals surface area contributed by atoms with E-state index in [0.717, 1.165) is 44.9 Å². The van der Waals surface area contributed by atoms with Crippen LogP contribution < -0.4 is 10.0 Å². The van der Waals surface area contributed by atoms with Crippen LogP contribution in [-0.4, -0.2) is 56.8 Å². The van der Waals surface area contributed by atoms with E-state index in [2.05, 4.69) is 14.9 Å². The van der Waals surface area contributed by atoms with Crippen LogP contribution in [0.5, 0.6) is 0 Å². The van der Waals surface area contributed by atoms with Gasteiger partial charge >= 0.3 is 0 Å². The molecule has 5 nitrogen and oxygen atoms in total. The minimum atomic E-state index is -3.12. The van der Waals surface area contributed by atoms with E-state index in [-0.39, 0.29) is 17.8 Å². The number of sulfonamides is 1. The highest BCUT2D eigenvalue weighted by Gasteiger charge is 2.36. The van der Waals surface area contributed by atoms with Gasteiger partial charge in [-0.05, 0) is 38.6 Å². The monoisotopic (exact) mass is 273 g/mol. The second kappa shape index (κ2) is 5.07. The molecule has 0 aromatic heterocycles. The van der Waals surface area contributed by atoms with E-state index in [1.54, 1.807) is 0 Å². The van der Waals surface area contributed by atoms with E-state index in [1.165, 1.54) is 12.8 Å². The molecular weight excluding hydrogens is 250 g/mol. The molecule has 2 saturated heterocycles. The first-order valence-electron chi connectivity index (χ1n) is 7.10. The third-order valence-corrected chi connectivity index (χ3v) is 5.75. The topological polar surface area (TPSA) is 61.4 Å². The van der Waals surface area contributed by atoms with Crippen LogP contribution in [0.25, 0.3) is 0 Å². The minimum Gasteiger partial charge on any atom is -0.313 e. The molecule has 2 aliphatic heterocycles. The lowest BCUT2D eigenvalue weighted by atomic mass is 10.3. The maximum absolute atomic E-state index is 12.1. The van der Waals surface area contributed by atoms with Crippen molar-refractivity contribution in [2.75, 3.05) is 25.4 Å². The van der Waals surface area contributed by atoms with Gasteiger partial charge in [-0.2, -0.15) is 0 Å². The maximum Gasteiger partial charge on any atom is 0.213 e. The Bertz CT molecular complexity index is 388. The van der Waals surface area contributed by atoms with Crippen LogP contribution in [0.15, 0.2) is 0 Å². The van der Waals surface area contributed by atoms with Crippen molar-refractivity contribution < 1.29 is 8.42 Å². The summed E-state index contributed by atoms with van der Waals surface area (Å²) in [5.41, 5.74) is 0. The van der Waals surface area contributed by atoms with Gasteiger partial charge in [0.2, 0.25) is 10.0 Å². The fraction of sp³-hybridized carbons (Fsp3) is 1.00. The summed E-state index contributed by atoms with van der Waals surface area (Å²) in [6.45, 7) is 2.92. The second-order valence-corrected chi connectivity index (χ2v) is 7.70. The number of hydrogen-bond acceptors (Lipinski definition) is 4. The van der Waals surface area contributed by atoms with Gasteiger partial charge < -0.3 is 5.32 Å². The minimum absolute atomic E-state index is 0.136. The van der Waals surface area contributed by atoms with Gasteiger partial charge in [0, 0.05) is 31.2 Å². The van der Waals surface area contributed by atoms with E-state index < -0.39 is 10.0 Å². The van der Waals surface area contributed by atoms with E-state index in [9.17, 15) is 8.42 Å². The first kappa shape index (κ1) is 12.8. The number of rotatable bonds is 5. The molecule has 0 aromatic carbocycles. The Hall–Kier alpha value is -0.170. The smallest absolute Gasteiger partial charge is 0.213 e. The standard InChI is InChI=1S/C12H23N3O2S/c16-18(17,9-11-2-1-6-13-11)14-10-5-7-15(8-10)12-3-4-12/h10-14H,1-9H2. The number of likely N-dealkylation sites (tertiary alicyclic amines) is 1. The van der Waals surface area contributed by atoms with Crippen LogP contribution in [0.4, 0.5) is 0 Å². The van der Waals surface area contributed by atoms with Gasteiger partial charge in [-0.15, -0.1) is 0 Å². The number of nitrogens with one attached hydrogen (secondary N) is 2. The van der Waals surface area contributed by atoms with E-state index in [0.29, 0.717) is 0 Å². The molecule has 3 rings (SSSR count). The van der Waals surface area contributed by atoms with E-state index in [1.807, 2.05) is 0 Å². The molecule has 0 bridgehead atoms. The fourth-order valence-corrected chi connectivity index (χ4v) is 4.73. The summed E-state index contributed by atoms with van der Waals surface area (Å²) in [7, 11) is -3.12. The molecule has 3 aliphatic rings. The Balaban J connectivity index is 1.48. The van der Waals surface area contributed by atoms with Gasteiger partial charge in [0.25, 0.3) is 0 Å². The van der Waals surface area contributed by atoms with Crippen molar-refractivity contribution in [3.63, 3.8) is 0 Å². The Kier molecular flexibility index (Phi) is 3.62. The van der Waals surface area contributed by atoms with Gasteiger partial charge in [0.1, 0.15) is 0 Å². The van der Waals surface area contributed by atoms with Crippen LogP contribution in [0.2, 0.25) is 0 Å². The molecule has 104 valence electrons. The molecule has 18 heavy (non-hydrogen) atoms. The highest BCUT2D eigenvalue weighted by atomic mass is 32.2. The molecule has 0 spiro atoms. The molecule has 2 heterocycles. The van der Waals surface area contributed by atoms with Gasteiger partial charge in [0.15, 0.2) is 0 Å². The number of hydrogen-bond donors (Lipinski definition) is 2. The van der Waals surface area contributed by atoms with Crippen molar-refractivity contribution in [2.24, 2.45) is 0 Å². The SMILES string of the molecule is O=S(=O)(CC1CCCN1)NC1CCN(C2CC2)C1. The zero-order chi connectivity index (χ0) is 12.6. The van der Waals surface area contributed by atoms with Gasteiger partial charge in [-0.1, -0.05) is 0 Å². The molecule has 1 aliphatic carbocycles. The Morgan fingerprint density at radius 1 is 1.22 bits per heavy atom. The summed E-state index contributed by atoms with van der Waals surface area (Å²) in [5, 5.41) is 3.25. The van der Waals surface area contributed by atoms with Gasteiger partial charge in [-0.3, -0.25) is 4.90 Å². The summed E-state index contributed by atoms with van der Waals surface area (Å²) in [6.07, 6.45) is 5.64. The van der Waals surface area contributed by atoms with Crippen molar-refractivity contribution >= 4 is 10.0 Å². The zero-order valence-corrected chi connectivity index (χ0v) is 11.6. The molecular formula is C12H23N3O2S. The average molecular weight is 273 g/mol. The fourth-order valence-electron chi connectivity index (χ4n) is 3.12. The van der Waals surface area contributed by atoms with Crippen LogP contribution in [0, 0.1) is 0 Å². The van der Waals surface area contributed by atoms with Gasteiger partial charge in [-0.25, -0.2) is 13.1 Å². The lowest BCUT2D eigenvalue weighted by Crippen LogP contribution is -2.42. The lowest BCUT2D eigenvalue weighted by molar-refractivity contribution is 0.322. The van der Waals surface area contributed by atoms with Gasteiger partial charge in [0.05, 0.1) is 5.75 Å². The quantitative estimate of drug-likeness (QED) is 0.734. The summed E-state index contributed by atoms with van der Waals surface area (Å²) in [4.78, 5) is 2.43. The zero-order valence-electron chi connectivity index (χ0n) is 10.8. The highest BCUT2D eigenvalue weighted by Crippen LogP contribution is 2.29. The molecule has 2 N–H and O–H groups in total. The normalized spacial score (nSPS) is 34.2. The summed E-state index contributed by atoms with van der Waals surface area (Å²) < 4.78 is 27.0. The lowest BCUT2D eigenvalue weighted by Gasteiger charge is -2.17. The molecule has 0 radical (unpaired) electrons. The van der Waals surface area contributed by atoms with Crippen molar-refractivity contribution in [2.45, 2.75) is 50.2 Å². The first-order chi connectivity index (χ1) is 8.62. The predicted molar refractivity (Wildman–Crippen MR) is 70.9 cm³/mol. The molecule has 2 atom stereocenters. The second-order valence-electron chi connectivity index (χ2n) is 5.90. The maximum atomic E-state index is 12.1. The van der Waals surface area contributed by atoms with Crippen LogP contribution in [0.1, 0.15) is 32.1 Å². The largest absolute Gasteiger partial charge is 0.313 e. The van der Waals surface area contributed by atoms with Crippen LogP contribution in [0.3, 0.4) is 0 Å². The number of nitrogens with zero attached hydrogens (tertiary/aromatic N) is 1. The van der Waals surface area contributed by atoms with Crippen LogP contribution >= 0.6 is 0 Å². The third kappa shape index (κ3) is 3.23. The summed E-state index contributed by atoms with van der Waals surface area (Å²) in [6, 6.07) is 1.04. The van der Waals surface area contributed by atoms with E-state index in [4.69, 9.17) is 0 Å². The summed E-state index contributed by atoms with van der Waals surface area (Å²) >= 11 is 0. The van der Waals surface area contributed by atoms with Crippen molar-refractivity contribution in [3.8, 4) is 0 Å². The highest BCUT2D eigenvalue weighted by molar-refractivity contribution is 7.89. The van der Waals surface area contributed by atoms with E-state index >= 15 is 0 Å². The van der Waals surface area contributed by atoms with Crippen molar-refractivity contribution in [3.05, 3.63) is 0 Å². The van der Waals surface area contributed by atoms with Crippen LogP contribution in [-0.2, 0) is 10.0 Å². The molecule has 6 heteroatoms. The third-order valence-electron chi connectivity index (χ3n) is 4.21. The van der Waals surface area contributed by atoms with Crippen molar-refractivity contribution in [1.82, 2.24) is 14.9 Å². The Morgan fingerprint density at radius 3 is 2.72 bits per heavy atom. The summed E-state index contributed by atoms with van der Waals surface area (Å²) in [5.74, 6) is 0.243. The molecule has 0 amide bonds. The predicted octanol–water partition coefficient (Wildman–Crippen LogP) is -0.105. The van der Waals surface area contributed by atoms with Crippen molar-refractivity contribution in [1.29, 1.82) is 0 Å². The average Bonchev–Trinajstić information content (AvgIpc) is 2.84. The first-order valence-corrected chi connectivity index (χ1v) is 8.75. The molecule has 1 saturated carbocycles. The Morgan fingerprint density at radius 2 is 2.06 bits per heavy atom. The molecule has 0 aromatic rings.